The quantitative estimate of drug-likeness (QED) is 0.838. The molecule has 1 saturated heterocycles. The summed E-state index contributed by atoms with van der Waals surface area (Å²) in [4.78, 5) is 15.1. The van der Waals surface area contributed by atoms with Crippen LogP contribution in [0.25, 0.3) is 0 Å². The van der Waals surface area contributed by atoms with Crippen LogP contribution in [0, 0.1) is 6.92 Å². The summed E-state index contributed by atoms with van der Waals surface area (Å²) in [6, 6.07) is 4.16. The Morgan fingerprint density at radius 2 is 1.76 bits per heavy atom. The summed E-state index contributed by atoms with van der Waals surface area (Å²) in [6.45, 7) is 6.33. The number of benzene rings is 1. The van der Waals surface area contributed by atoms with Gasteiger partial charge in [0.1, 0.15) is 0 Å². The Morgan fingerprint density at radius 1 is 1.14 bits per heavy atom. The van der Waals surface area contributed by atoms with Gasteiger partial charge in [-0.1, -0.05) is 11.6 Å². The third-order valence-electron chi connectivity index (χ3n) is 3.69. The second-order valence-corrected chi connectivity index (χ2v) is 5.49. The molecule has 0 aliphatic carbocycles. The van der Waals surface area contributed by atoms with Crippen molar-refractivity contribution in [3.8, 4) is 0 Å². The molecule has 3 nitrogen and oxygen atoms in total. The average molecular weight is 300 g/mol. The van der Waals surface area contributed by atoms with Crippen molar-refractivity contribution in [2.24, 2.45) is 0 Å². The second-order valence-electron chi connectivity index (χ2n) is 5.49. The number of hydrogen-bond acceptors (Lipinski definition) is 2. The van der Waals surface area contributed by atoms with E-state index in [1.165, 1.54) is 13.0 Å². The Bertz CT molecular complexity index is 520. The van der Waals surface area contributed by atoms with Crippen LogP contribution < -0.4 is 0 Å². The number of alkyl halides is 3. The number of halogens is 3. The number of aryl methyl sites for hydroxylation is 1. The molecule has 2 rings (SSSR count). The highest BCUT2D eigenvalue weighted by atomic mass is 19.4. The van der Waals surface area contributed by atoms with Crippen LogP contribution >= 0.6 is 0 Å². The third kappa shape index (κ3) is 4.20. The van der Waals surface area contributed by atoms with Gasteiger partial charge in [-0.25, -0.2) is 0 Å². The zero-order valence-corrected chi connectivity index (χ0v) is 12.2. The van der Waals surface area contributed by atoms with Gasteiger partial charge >= 0.3 is 6.18 Å². The predicted molar refractivity (Wildman–Crippen MR) is 73.7 cm³/mol. The minimum atomic E-state index is -4.31. The maximum Gasteiger partial charge on any atom is 0.416 e. The SMILES string of the molecule is CC(=O)N1CCN(Cc2cc(C)cc(C(F)(F)F)c2)CC1. The van der Waals surface area contributed by atoms with Crippen LogP contribution in [0.2, 0.25) is 0 Å². The summed E-state index contributed by atoms with van der Waals surface area (Å²) in [5.41, 5.74) is 0.681. The fourth-order valence-corrected chi connectivity index (χ4v) is 2.60. The fourth-order valence-electron chi connectivity index (χ4n) is 2.60. The van der Waals surface area contributed by atoms with Gasteiger partial charge in [0.25, 0.3) is 0 Å². The van der Waals surface area contributed by atoms with Crippen LogP contribution in [0.5, 0.6) is 0 Å². The molecule has 6 heteroatoms. The van der Waals surface area contributed by atoms with E-state index in [2.05, 4.69) is 4.90 Å². The molecule has 1 heterocycles. The largest absolute Gasteiger partial charge is 0.416 e. The van der Waals surface area contributed by atoms with E-state index < -0.39 is 11.7 Å². The molecule has 1 amide bonds. The first-order valence-electron chi connectivity index (χ1n) is 6.91. The molecule has 0 aromatic heterocycles. The molecule has 0 radical (unpaired) electrons. The summed E-state index contributed by atoms with van der Waals surface area (Å²) < 4.78 is 38.4. The van der Waals surface area contributed by atoms with Crippen molar-refractivity contribution in [2.45, 2.75) is 26.6 Å². The molecule has 0 atom stereocenters. The van der Waals surface area contributed by atoms with E-state index in [-0.39, 0.29) is 5.91 Å². The standard InChI is InChI=1S/C15H19F3N2O/c1-11-7-13(9-14(8-11)15(16,17)18)10-19-3-5-20(6-4-19)12(2)21/h7-9H,3-6,10H2,1-2H3. The Morgan fingerprint density at radius 3 is 2.29 bits per heavy atom. The van der Waals surface area contributed by atoms with E-state index in [9.17, 15) is 18.0 Å². The minimum absolute atomic E-state index is 0.0459. The van der Waals surface area contributed by atoms with Gasteiger partial charge in [0, 0.05) is 39.6 Å². The van der Waals surface area contributed by atoms with E-state index in [0.29, 0.717) is 43.9 Å². The number of carbonyl (C=O) groups is 1. The molecule has 0 unspecified atom stereocenters. The van der Waals surface area contributed by atoms with Crippen molar-refractivity contribution in [2.75, 3.05) is 26.2 Å². The van der Waals surface area contributed by atoms with Gasteiger partial charge in [-0.2, -0.15) is 13.2 Å². The highest BCUT2D eigenvalue weighted by Gasteiger charge is 2.31. The maximum absolute atomic E-state index is 12.8. The van der Waals surface area contributed by atoms with Crippen LogP contribution in [-0.2, 0) is 17.5 Å². The van der Waals surface area contributed by atoms with Crippen LogP contribution in [-0.4, -0.2) is 41.9 Å². The molecule has 116 valence electrons. The summed E-state index contributed by atoms with van der Waals surface area (Å²) in [5, 5.41) is 0. The molecule has 1 aliphatic rings. The highest BCUT2D eigenvalue weighted by molar-refractivity contribution is 5.73. The summed E-state index contributed by atoms with van der Waals surface area (Å²) in [6.07, 6.45) is -4.31. The summed E-state index contributed by atoms with van der Waals surface area (Å²) in [5.74, 6) is 0.0459. The van der Waals surface area contributed by atoms with Crippen molar-refractivity contribution in [1.29, 1.82) is 0 Å². The minimum Gasteiger partial charge on any atom is -0.340 e. The molecule has 1 fully saturated rings. The predicted octanol–water partition coefficient (Wildman–Crippen LogP) is 2.68. The van der Waals surface area contributed by atoms with Crippen LogP contribution in [0.4, 0.5) is 13.2 Å². The van der Waals surface area contributed by atoms with Gasteiger partial charge in [0.15, 0.2) is 0 Å². The lowest BCUT2D eigenvalue weighted by Gasteiger charge is -2.34. The molecule has 1 aromatic carbocycles. The van der Waals surface area contributed by atoms with Crippen molar-refractivity contribution in [3.63, 3.8) is 0 Å². The number of nitrogens with zero attached hydrogens (tertiary/aromatic N) is 2. The number of rotatable bonds is 2. The number of carbonyl (C=O) groups excluding carboxylic acids is 1. The zero-order chi connectivity index (χ0) is 15.6. The highest BCUT2D eigenvalue weighted by Crippen LogP contribution is 2.30. The van der Waals surface area contributed by atoms with Crippen LogP contribution in [0.3, 0.4) is 0 Å². The average Bonchev–Trinajstić information content (AvgIpc) is 2.37. The zero-order valence-electron chi connectivity index (χ0n) is 12.2. The Hall–Kier alpha value is -1.56. The molecule has 1 aliphatic heterocycles. The summed E-state index contributed by atoms with van der Waals surface area (Å²) in [7, 11) is 0. The lowest BCUT2D eigenvalue weighted by atomic mass is 10.1. The van der Waals surface area contributed by atoms with Gasteiger partial charge in [-0.15, -0.1) is 0 Å². The topological polar surface area (TPSA) is 23.6 Å². The van der Waals surface area contributed by atoms with Gasteiger partial charge in [-0.3, -0.25) is 9.69 Å². The van der Waals surface area contributed by atoms with Crippen molar-refractivity contribution >= 4 is 5.91 Å². The van der Waals surface area contributed by atoms with Crippen molar-refractivity contribution in [1.82, 2.24) is 9.80 Å². The maximum atomic E-state index is 12.8. The Labute approximate surface area is 122 Å². The molecule has 0 saturated carbocycles. The summed E-state index contributed by atoms with van der Waals surface area (Å²) >= 11 is 0. The number of piperazine rings is 1. The molecule has 0 spiro atoms. The lowest BCUT2D eigenvalue weighted by Crippen LogP contribution is -2.47. The smallest absolute Gasteiger partial charge is 0.340 e. The van der Waals surface area contributed by atoms with E-state index in [0.717, 1.165) is 6.07 Å². The first kappa shape index (κ1) is 15.8. The second kappa shape index (κ2) is 6.05. The van der Waals surface area contributed by atoms with Gasteiger partial charge in [0.05, 0.1) is 5.56 Å². The van der Waals surface area contributed by atoms with E-state index in [4.69, 9.17) is 0 Å². The van der Waals surface area contributed by atoms with Crippen LogP contribution in [0.1, 0.15) is 23.6 Å². The molecule has 21 heavy (non-hydrogen) atoms. The fraction of sp³-hybridized carbons (Fsp3) is 0.533. The first-order chi connectivity index (χ1) is 9.75. The van der Waals surface area contributed by atoms with Crippen molar-refractivity contribution < 1.29 is 18.0 Å². The van der Waals surface area contributed by atoms with Gasteiger partial charge in [0.2, 0.25) is 5.91 Å². The number of hydrogen-bond donors (Lipinski definition) is 0. The Kier molecular flexibility index (Phi) is 4.56. The molecule has 0 bridgehead atoms. The van der Waals surface area contributed by atoms with E-state index >= 15 is 0 Å². The first-order valence-corrected chi connectivity index (χ1v) is 6.91. The molecular formula is C15H19F3N2O. The molecular weight excluding hydrogens is 281 g/mol. The van der Waals surface area contributed by atoms with E-state index in [1.54, 1.807) is 17.9 Å². The van der Waals surface area contributed by atoms with Gasteiger partial charge < -0.3 is 4.90 Å². The third-order valence-corrected chi connectivity index (χ3v) is 3.69. The monoisotopic (exact) mass is 300 g/mol. The van der Waals surface area contributed by atoms with Crippen LogP contribution in [0.15, 0.2) is 18.2 Å². The van der Waals surface area contributed by atoms with Crippen molar-refractivity contribution in [3.05, 3.63) is 34.9 Å². The van der Waals surface area contributed by atoms with E-state index in [1.807, 2.05) is 0 Å². The molecule has 0 N–H and O–H groups in total. The normalized spacial score (nSPS) is 17.1. The van der Waals surface area contributed by atoms with Gasteiger partial charge in [-0.05, 0) is 24.6 Å². The lowest BCUT2D eigenvalue weighted by molar-refractivity contribution is -0.137. The number of amides is 1. The molecule has 1 aromatic rings. The Balaban J connectivity index is 2.04.